The Kier molecular flexibility index (Phi) is 2.30. The molecule has 1 aromatic heterocycles. The van der Waals surface area contributed by atoms with Crippen LogP contribution in [0.3, 0.4) is 0 Å². The Morgan fingerprint density at radius 2 is 2.31 bits per heavy atom. The molecule has 0 unspecified atom stereocenters. The van der Waals surface area contributed by atoms with E-state index in [2.05, 4.69) is 13.8 Å². The minimum Gasteiger partial charge on any atom is -0.490 e. The third kappa shape index (κ3) is 2.27. The number of hydrogen-bond acceptors (Lipinski definition) is 2. The standard InChI is InChI=1S/C11H16O2/c1-8(2)11-5-10(7-13-11)12-6-9-3-4-9/h5,7-9H,3-4,6H2,1-2H3. The van der Waals surface area contributed by atoms with Crippen molar-refractivity contribution in [1.29, 1.82) is 0 Å². The van der Waals surface area contributed by atoms with Crippen LogP contribution in [0.2, 0.25) is 0 Å². The highest BCUT2D eigenvalue weighted by atomic mass is 16.5. The van der Waals surface area contributed by atoms with Gasteiger partial charge in [0.05, 0.1) is 6.61 Å². The molecular weight excluding hydrogens is 164 g/mol. The second-order valence-electron chi connectivity index (χ2n) is 4.09. The van der Waals surface area contributed by atoms with Crippen molar-refractivity contribution in [3.63, 3.8) is 0 Å². The predicted molar refractivity (Wildman–Crippen MR) is 51.0 cm³/mol. The van der Waals surface area contributed by atoms with E-state index in [-0.39, 0.29) is 0 Å². The zero-order chi connectivity index (χ0) is 9.26. The normalized spacial score (nSPS) is 16.5. The second kappa shape index (κ2) is 3.44. The Morgan fingerprint density at radius 3 is 2.85 bits per heavy atom. The van der Waals surface area contributed by atoms with E-state index in [1.807, 2.05) is 6.07 Å². The van der Waals surface area contributed by atoms with E-state index in [9.17, 15) is 0 Å². The fourth-order valence-corrected chi connectivity index (χ4v) is 1.21. The first-order chi connectivity index (χ1) is 6.25. The first-order valence-corrected chi connectivity index (χ1v) is 4.97. The topological polar surface area (TPSA) is 22.4 Å². The van der Waals surface area contributed by atoms with Crippen LogP contribution in [0.1, 0.15) is 38.4 Å². The molecule has 1 aromatic rings. The van der Waals surface area contributed by atoms with Gasteiger partial charge in [0.25, 0.3) is 0 Å². The van der Waals surface area contributed by atoms with E-state index in [4.69, 9.17) is 9.15 Å². The van der Waals surface area contributed by atoms with Gasteiger partial charge in [-0.1, -0.05) is 13.8 Å². The fourth-order valence-electron chi connectivity index (χ4n) is 1.21. The van der Waals surface area contributed by atoms with Crippen LogP contribution in [-0.4, -0.2) is 6.61 Å². The van der Waals surface area contributed by atoms with Crippen LogP contribution in [-0.2, 0) is 0 Å². The molecule has 0 saturated heterocycles. The average molecular weight is 180 g/mol. The summed E-state index contributed by atoms with van der Waals surface area (Å²) in [5, 5.41) is 0. The van der Waals surface area contributed by atoms with Gasteiger partial charge in [0.15, 0.2) is 5.75 Å². The number of hydrogen-bond donors (Lipinski definition) is 0. The van der Waals surface area contributed by atoms with Crippen molar-refractivity contribution in [2.24, 2.45) is 5.92 Å². The van der Waals surface area contributed by atoms with Crippen LogP contribution in [0.5, 0.6) is 5.75 Å². The molecule has 72 valence electrons. The molecule has 1 aliphatic carbocycles. The van der Waals surface area contributed by atoms with Crippen molar-refractivity contribution >= 4 is 0 Å². The van der Waals surface area contributed by atoms with E-state index in [0.717, 1.165) is 24.0 Å². The van der Waals surface area contributed by atoms with E-state index in [1.54, 1.807) is 6.26 Å². The molecule has 13 heavy (non-hydrogen) atoms. The lowest BCUT2D eigenvalue weighted by Crippen LogP contribution is -1.97. The van der Waals surface area contributed by atoms with Gasteiger partial charge in [0.2, 0.25) is 0 Å². The Morgan fingerprint density at radius 1 is 1.54 bits per heavy atom. The summed E-state index contributed by atoms with van der Waals surface area (Å²) >= 11 is 0. The number of ether oxygens (including phenoxy) is 1. The van der Waals surface area contributed by atoms with Crippen LogP contribution in [0, 0.1) is 5.92 Å². The summed E-state index contributed by atoms with van der Waals surface area (Å²) in [6.07, 6.45) is 4.36. The van der Waals surface area contributed by atoms with Gasteiger partial charge >= 0.3 is 0 Å². The molecule has 0 atom stereocenters. The van der Waals surface area contributed by atoms with Crippen LogP contribution in [0.25, 0.3) is 0 Å². The third-order valence-electron chi connectivity index (χ3n) is 2.35. The molecule has 0 aromatic carbocycles. The lowest BCUT2D eigenvalue weighted by atomic mass is 10.2. The molecule has 1 heterocycles. The average Bonchev–Trinajstić information content (AvgIpc) is 2.79. The largest absolute Gasteiger partial charge is 0.490 e. The number of furan rings is 1. The third-order valence-corrected chi connectivity index (χ3v) is 2.35. The minimum absolute atomic E-state index is 0.443. The maximum absolute atomic E-state index is 5.57. The van der Waals surface area contributed by atoms with Crippen molar-refractivity contribution < 1.29 is 9.15 Å². The van der Waals surface area contributed by atoms with Gasteiger partial charge in [-0.05, 0) is 18.8 Å². The lowest BCUT2D eigenvalue weighted by molar-refractivity contribution is 0.296. The molecule has 0 N–H and O–H groups in total. The van der Waals surface area contributed by atoms with E-state index in [0.29, 0.717) is 5.92 Å². The molecule has 2 heteroatoms. The van der Waals surface area contributed by atoms with Crippen LogP contribution >= 0.6 is 0 Å². The minimum atomic E-state index is 0.443. The summed E-state index contributed by atoms with van der Waals surface area (Å²) in [4.78, 5) is 0. The first kappa shape index (κ1) is 8.67. The van der Waals surface area contributed by atoms with Crippen LogP contribution in [0.15, 0.2) is 16.7 Å². The monoisotopic (exact) mass is 180 g/mol. The van der Waals surface area contributed by atoms with Gasteiger partial charge in [0, 0.05) is 12.0 Å². The smallest absolute Gasteiger partial charge is 0.157 e. The highest BCUT2D eigenvalue weighted by molar-refractivity contribution is 5.21. The molecule has 2 rings (SSSR count). The maximum Gasteiger partial charge on any atom is 0.157 e. The second-order valence-corrected chi connectivity index (χ2v) is 4.09. The summed E-state index contributed by atoms with van der Waals surface area (Å²) < 4.78 is 10.9. The molecule has 0 bridgehead atoms. The summed E-state index contributed by atoms with van der Waals surface area (Å²) in [5.74, 6) is 3.14. The highest BCUT2D eigenvalue weighted by Gasteiger charge is 2.22. The summed E-state index contributed by atoms with van der Waals surface area (Å²) in [7, 11) is 0. The zero-order valence-corrected chi connectivity index (χ0v) is 8.25. The van der Waals surface area contributed by atoms with Gasteiger partial charge in [-0.15, -0.1) is 0 Å². The van der Waals surface area contributed by atoms with Gasteiger partial charge < -0.3 is 9.15 Å². The number of rotatable bonds is 4. The fraction of sp³-hybridized carbons (Fsp3) is 0.636. The molecule has 0 aliphatic heterocycles. The molecule has 0 radical (unpaired) electrons. The highest BCUT2D eigenvalue weighted by Crippen LogP contribution is 2.30. The summed E-state index contributed by atoms with van der Waals surface area (Å²) in [6.45, 7) is 5.09. The quantitative estimate of drug-likeness (QED) is 0.710. The van der Waals surface area contributed by atoms with Crippen LogP contribution < -0.4 is 4.74 Å². The van der Waals surface area contributed by atoms with E-state index >= 15 is 0 Å². The van der Waals surface area contributed by atoms with Crippen molar-refractivity contribution in [2.75, 3.05) is 6.61 Å². The summed E-state index contributed by atoms with van der Waals surface area (Å²) in [6, 6.07) is 1.99. The van der Waals surface area contributed by atoms with Crippen molar-refractivity contribution in [2.45, 2.75) is 32.6 Å². The lowest BCUT2D eigenvalue weighted by Gasteiger charge is -1.99. The molecule has 0 amide bonds. The SMILES string of the molecule is CC(C)c1cc(OCC2CC2)co1. The van der Waals surface area contributed by atoms with Crippen LogP contribution in [0.4, 0.5) is 0 Å². The molecular formula is C11H16O2. The maximum atomic E-state index is 5.57. The van der Waals surface area contributed by atoms with Crippen molar-refractivity contribution in [3.8, 4) is 5.75 Å². The van der Waals surface area contributed by atoms with Gasteiger partial charge in [0.1, 0.15) is 12.0 Å². The van der Waals surface area contributed by atoms with E-state index < -0.39 is 0 Å². The molecule has 1 fully saturated rings. The van der Waals surface area contributed by atoms with Gasteiger partial charge in [-0.3, -0.25) is 0 Å². The van der Waals surface area contributed by atoms with Crippen molar-refractivity contribution in [3.05, 3.63) is 18.1 Å². The van der Waals surface area contributed by atoms with Gasteiger partial charge in [-0.25, -0.2) is 0 Å². The molecule has 2 nitrogen and oxygen atoms in total. The summed E-state index contributed by atoms with van der Waals surface area (Å²) in [5.41, 5.74) is 0. The Bertz CT molecular complexity index is 271. The van der Waals surface area contributed by atoms with E-state index in [1.165, 1.54) is 12.8 Å². The molecule has 1 aliphatic rings. The first-order valence-electron chi connectivity index (χ1n) is 4.97. The predicted octanol–water partition coefficient (Wildman–Crippen LogP) is 3.19. The Hall–Kier alpha value is -0.920. The molecule has 0 spiro atoms. The molecule has 1 saturated carbocycles. The Labute approximate surface area is 78.9 Å². The Balaban J connectivity index is 1.88. The zero-order valence-electron chi connectivity index (χ0n) is 8.25. The van der Waals surface area contributed by atoms with Gasteiger partial charge in [-0.2, -0.15) is 0 Å². The van der Waals surface area contributed by atoms with Crippen molar-refractivity contribution in [1.82, 2.24) is 0 Å².